The van der Waals surface area contributed by atoms with Gasteiger partial charge in [0.15, 0.2) is 0 Å². The molecule has 8 unspecified atom stereocenters. The summed E-state index contributed by atoms with van der Waals surface area (Å²) in [6.45, 7) is 11.2. The Hall–Kier alpha value is -0.910. The lowest BCUT2D eigenvalue weighted by atomic mass is 9.46. The summed E-state index contributed by atoms with van der Waals surface area (Å²) in [6, 6.07) is 0.570. The van der Waals surface area contributed by atoms with Gasteiger partial charge in [0, 0.05) is 6.04 Å². The van der Waals surface area contributed by atoms with Gasteiger partial charge in [-0.3, -0.25) is 4.79 Å². The van der Waals surface area contributed by atoms with Crippen LogP contribution in [0.2, 0.25) is 0 Å². The molecule has 0 bridgehead atoms. The Kier molecular flexibility index (Phi) is 10.8. The fourth-order valence-corrected chi connectivity index (χ4v) is 9.46. The Labute approximate surface area is 233 Å². The molecule has 3 saturated carbocycles. The second kappa shape index (κ2) is 13.6. The first-order valence-electron chi connectivity index (χ1n) is 16.4. The summed E-state index contributed by atoms with van der Waals surface area (Å²) in [4.78, 5) is 11.2. The summed E-state index contributed by atoms with van der Waals surface area (Å²) in [6.07, 6.45) is 21.7. The third-order valence-electron chi connectivity index (χ3n) is 11.9. The zero-order valence-electron chi connectivity index (χ0n) is 24.9. The molecule has 4 rings (SSSR count). The topological polar surface area (TPSA) is 87.4 Å². The highest BCUT2D eigenvalue weighted by Gasteiger charge is 2.58. The molecule has 3 fully saturated rings. The first-order chi connectivity index (χ1) is 18.3. The number of hydrogen-bond acceptors (Lipinski definition) is 4. The summed E-state index contributed by atoms with van der Waals surface area (Å²) in [5.74, 6) is 2.74. The second-order valence-electron chi connectivity index (χ2n) is 14.1. The van der Waals surface area contributed by atoms with E-state index in [0.717, 1.165) is 69.1 Å². The van der Waals surface area contributed by atoms with Gasteiger partial charge in [0.25, 0.3) is 0 Å². The zero-order valence-corrected chi connectivity index (χ0v) is 24.9. The average molecular weight is 530 g/mol. The predicted molar refractivity (Wildman–Crippen MR) is 158 cm³/mol. The predicted octanol–water partition coefficient (Wildman–Crippen LogP) is 6.52. The summed E-state index contributed by atoms with van der Waals surface area (Å²) >= 11 is 0. The number of carboxylic acids is 1. The second-order valence-corrected chi connectivity index (χ2v) is 14.1. The van der Waals surface area contributed by atoms with Crippen molar-refractivity contribution in [1.29, 1.82) is 0 Å². The number of fused-ring (bicyclic) bond motifs is 5. The summed E-state index contributed by atoms with van der Waals surface area (Å²) in [5, 5.41) is 16.6. The van der Waals surface area contributed by atoms with Gasteiger partial charge in [-0.1, -0.05) is 45.3 Å². The Morgan fingerprint density at radius 3 is 2.61 bits per heavy atom. The van der Waals surface area contributed by atoms with Crippen LogP contribution in [-0.4, -0.2) is 43.3 Å². The van der Waals surface area contributed by atoms with Gasteiger partial charge in [0.2, 0.25) is 0 Å². The molecule has 0 saturated heterocycles. The fourth-order valence-electron chi connectivity index (χ4n) is 9.46. The Balaban J connectivity index is 1.26. The van der Waals surface area contributed by atoms with Crippen LogP contribution in [0.3, 0.4) is 0 Å². The molecule has 0 radical (unpaired) electrons. The molecule has 0 aromatic carbocycles. The van der Waals surface area contributed by atoms with E-state index < -0.39 is 5.97 Å². The minimum absolute atomic E-state index is 0.193. The lowest BCUT2D eigenvalue weighted by molar-refractivity contribution is -0.141. The first-order valence-corrected chi connectivity index (χ1v) is 16.4. The van der Waals surface area contributed by atoms with Crippen LogP contribution in [-0.2, 0) is 4.79 Å². The Bertz CT molecular complexity index is 799. The number of nitrogens with two attached hydrogens (primary N) is 1. The lowest BCUT2D eigenvalue weighted by Gasteiger charge is -2.58. The zero-order chi connectivity index (χ0) is 27.2. The van der Waals surface area contributed by atoms with Crippen molar-refractivity contribution in [3.63, 3.8) is 0 Å². The van der Waals surface area contributed by atoms with E-state index in [-0.39, 0.29) is 5.92 Å². The smallest absolute Gasteiger partial charge is 0.306 e. The van der Waals surface area contributed by atoms with E-state index in [2.05, 4.69) is 30.6 Å². The van der Waals surface area contributed by atoms with Crippen LogP contribution in [0.25, 0.3) is 0 Å². The molecule has 5 heteroatoms. The maximum atomic E-state index is 11.2. The highest BCUT2D eigenvalue weighted by molar-refractivity contribution is 5.69. The van der Waals surface area contributed by atoms with Crippen molar-refractivity contribution in [2.75, 3.05) is 26.2 Å². The number of hydrogen-bond donors (Lipinski definition) is 4. The maximum absolute atomic E-state index is 11.2. The van der Waals surface area contributed by atoms with Gasteiger partial charge in [-0.25, -0.2) is 0 Å². The van der Waals surface area contributed by atoms with Crippen molar-refractivity contribution in [2.45, 2.75) is 123 Å². The van der Waals surface area contributed by atoms with E-state index >= 15 is 0 Å². The van der Waals surface area contributed by atoms with Gasteiger partial charge in [0.05, 0.1) is 5.92 Å². The van der Waals surface area contributed by atoms with Crippen LogP contribution in [0.5, 0.6) is 0 Å². The lowest BCUT2D eigenvalue weighted by Crippen LogP contribution is -2.51. The quantitative estimate of drug-likeness (QED) is 0.143. The third-order valence-corrected chi connectivity index (χ3v) is 11.9. The number of allylic oxidation sites excluding steroid dienone is 1. The van der Waals surface area contributed by atoms with Crippen LogP contribution in [0.15, 0.2) is 11.6 Å². The third kappa shape index (κ3) is 6.69. The summed E-state index contributed by atoms with van der Waals surface area (Å²) in [7, 11) is 0. The molecule has 5 nitrogen and oxygen atoms in total. The van der Waals surface area contributed by atoms with E-state index in [1.54, 1.807) is 5.57 Å². The summed E-state index contributed by atoms with van der Waals surface area (Å²) < 4.78 is 0. The van der Waals surface area contributed by atoms with Crippen molar-refractivity contribution in [3.05, 3.63) is 11.6 Å². The molecule has 5 N–H and O–H groups in total. The monoisotopic (exact) mass is 529 g/mol. The molecule has 218 valence electrons. The van der Waals surface area contributed by atoms with Gasteiger partial charge in [0.1, 0.15) is 0 Å². The summed E-state index contributed by atoms with van der Waals surface area (Å²) in [5.41, 5.74) is 8.31. The van der Waals surface area contributed by atoms with Gasteiger partial charge < -0.3 is 21.5 Å². The van der Waals surface area contributed by atoms with E-state index in [1.165, 1.54) is 77.0 Å². The minimum atomic E-state index is -0.637. The van der Waals surface area contributed by atoms with Gasteiger partial charge >= 0.3 is 5.97 Å². The molecule has 0 heterocycles. The van der Waals surface area contributed by atoms with Crippen molar-refractivity contribution >= 4 is 5.97 Å². The largest absolute Gasteiger partial charge is 0.481 e. The number of carboxylic acid groups (broad SMARTS) is 1. The van der Waals surface area contributed by atoms with Crippen molar-refractivity contribution in [3.8, 4) is 0 Å². The van der Waals surface area contributed by atoms with Crippen molar-refractivity contribution in [2.24, 2.45) is 46.2 Å². The van der Waals surface area contributed by atoms with E-state index in [9.17, 15) is 9.90 Å². The Morgan fingerprint density at radius 2 is 1.82 bits per heavy atom. The molecule has 0 spiro atoms. The van der Waals surface area contributed by atoms with E-state index in [1.807, 2.05) is 6.92 Å². The fraction of sp³-hybridized carbons (Fsp3) is 0.909. The minimum Gasteiger partial charge on any atom is -0.481 e. The molecular formula is C33H59N3O2. The van der Waals surface area contributed by atoms with Gasteiger partial charge in [-0.15, -0.1) is 0 Å². The number of aliphatic carboxylic acids is 1. The number of unbranched alkanes of at least 4 members (excludes halogenated alkanes) is 2. The van der Waals surface area contributed by atoms with E-state index in [0.29, 0.717) is 16.9 Å². The average Bonchev–Trinajstić information content (AvgIpc) is 3.24. The van der Waals surface area contributed by atoms with Crippen LogP contribution in [0, 0.1) is 40.4 Å². The highest BCUT2D eigenvalue weighted by Crippen LogP contribution is 2.67. The van der Waals surface area contributed by atoms with Gasteiger partial charge in [-0.05, 0) is 144 Å². The molecule has 8 atom stereocenters. The van der Waals surface area contributed by atoms with Crippen LogP contribution in [0.4, 0.5) is 0 Å². The van der Waals surface area contributed by atoms with Crippen LogP contribution >= 0.6 is 0 Å². The first kappa shape index (κ1) is 30.1. The Morgan fingerprint density at radius 1 is 1.00 bits per heavy atom. The number of nitrogens with one attached hydrogen (secondary N) is 2. The van der Waals surface area contributed by atoms with Crippen LogP contribution < -0.4 is 16.4 Å². The van der Waals surface area contributed by atoms with Gasteiger partial charge in [-0.2, -0.15) is 0 Å². The molecular weight excluding hydrogens is 470 g/mol. The number of rotatable bonds is 15. The van der Waals surface area contributed by atoms with E-state index in [4.69, 9.17) is 5.73 Å². The molecule has 0 aromatic heterocycles. The SMILES string of the molecule is CC(CCCCC1CCC2C3CCC4=CC(NCCCNCCCCN)CCC4(C)C3CCC12C)C(=O)O. The maximum Gasteiger partial charge on any atom is 0.306 e. The highest BCUT2D eigenvalue weighted by atomic mass is 16.4. The molecule has 4 aliphatic carbocycles. The number of carbonyl (C=O) groups is 1. The van der Waals surface area contributed by atoms with Crippen LogP contribution in [0.1, 0.15) is 117 Å². The van der Waals surface area contributed by atoms with Crippen molar-refractivity contribution < 1.29 is 9.90 Å². The molecule has 38 heavy (non-hydrogen) atoms. The van der Waals surface area contributed by atoms with Crippen molar-refractivity contribution in [1.82, 2.24) is 10.6 Å². The standard InChI is InChI=1S/C33H59N3O2/c1-24(31(37)38)9-4-5-10-25-12-14-29-28-13-11-26-23-27(36-22-8-21-35-20-7-6-19-34)15-17-33(26,3)30(28)16-18-32(25,29)2/h23-25,27-30,35-36H,4-22,34H2,1-3H3,(H,37,38). The molecule has 4 aliphatic rings. The normalized spacial score (nSPS) is 37.2. The molecule has 0 aromatic rings. The molecule has 0 amide bonds. The molecule has 0 aliphatic heterocycles.